The minimum atomic E-state index is 0.265. The summed E-state index contributed by atoms with van der Waals surface area (Å²) in [5.74, 6) is 0.867. The smallest absolute Gasteiger partial charge is 0.200 e. The number of fused-ring (bicyclic) bond motifs is 1. The van der Waals surface area contributed by atoms with Gasteiger partial charge in [0.25, 0.3) is 0 Å². The Morgan fingerprint density at radius 2 is 2.21 bits per heavy atom. The van der Waals surface area contributed by atoms with Crippen molar-refractivity contribution in [2.45, 2.75) is 6.04 Å². The molecule has 72 valence electrons. The third kappa shape index (κ3) is 1.02. The van der Waals surface area contributed by atoms with Crippen LogP contribution < -0.4 is 10.6 Å². The van der Waals surface area contributed by atoms with Crippen LogP contribution in [0.15, 0.2) is 12.1 Å². The van der Waals surface area contributed by atoms with Crippen LogP contribution in [0.5, 0.6) is 0 Å². The zero-order chi connectivity index (χ0) is 9.54. The van der Waals surface area contributed by atoms with Crippen molar-refractivity contribution in [3.8, 4) is 0 Å². The Kier molecular flexibility index (Phi) is 1.42. The van der Waals surface area contributed by atoms with Gasteiger partial charge in [-0.25, -0.2) is 0 Å². The second-order valence-corrected chi connectivity index (χ2v) is 3.38. The molecule has 1 aliphatic heterocycles. The first-order valence-electron chi connectivity index (χ1n) is 4.39. The molecule has 0 radical (unpaired) electrons. The Morgan fingerprint density at radius 1 is 1.36 bits per heavy atom. The second-order valence-electron chi connectivity index (χ2n) is 3.38. The monoisotopic (exact) mass is 191 g/mol. The Morgan fingerprint density at radius 3 is 3.00 bits per heavy atom. The SMILES string of the molecule is NC1CN(c2ccc3nnnn3n2)C1. The van der Waals surface area contributed by atoms with E-state index in [1.807, 2.05) is 12.1 Å². The highest BCUT2D eigenvalue weighted by Gasteiger charge is 2.24. The van der Waals surface area contributed by atoms with E-state index in [0.29, 0.717) is 5.65 Å². The number of tetrazole rings is 1. The molecule has 0 saturated carbocycles. The molecule has 0 amide bonds. The van der Waals surface area contributed by atoms with Gasteiger partial charge in [0.1, 0.15) is 0 Å². The summed E-state index contributed by atoms with van der Waals surface area (Å²) in [6.45, 7) is 1.70. The van der Waals surface area contributed by atoms with Gasteiger partial charge in [0, 0.05) is 19.1 Å². The summed E-state index contributed by atoms with van der Waals surface area (Å²) in [6, 6.07) is 4.00. The van der Waals surface area contributed by atoms with Crippen LogP contribution in [0.4, 0.5) is 5.82 Å². The normalized spacial score (nSPS) is 17.4. The molecule has 1 aliphatic rings. The third-order valence-corrected chi connectivity index (χ3v) is 2.29. The zero-order valence-electron chi connectivity index (χ0n) is 7.41. The van der Waals surface area contributed by atoms with E-state index in [4.69, 9.17) is 5.73 Å². The van der Waals surface area contributed by atoms with E-state index in [2.05, 4.69) is 25.5 Å². The van der Waals surface area contributed by atoms with Crippen molar-refractivity contribution < 1.29 is 0 Å². The molecule has 0 aliphatic carbocycles. The predicted molar refractivity (Wildman–Crippen MR) is 48.8 cm³/mol. The number of hydrogen-bond donors (Lipinski definition) is 1. The van der Waals surface area contributed by atoms with Crippen molar-refractivity contribution in [3.63, 3.8) is 0 Å². The highest BCUT2D eigenvalue weighted by atomic mass is 15.6. The lowest BCUT2D eigenvalue weighted by atomic mass is 10.1. The van der Waals surface area contributed by atoms with Gasteiger partial charge in [-0.1, -0.05) is 0 Å². The van der Waals surface area contributed by atoms with E-state index < -0.39 is 0 Å². The number of nitrogens with two attached hydrogens (primary N) is 1. The molecule has 0 aromatic carbocycles. The molecule has 0 atom stereocenters. The minimum Gasteiger partial charge on any atom is -0.352 e. The molecule has 0 spiro atoms. The van der Waals surface area contributed by atoms with Crippen LogP contribution in [0.2, 0.25) is 0 Å². The number of anilines is 1. The van der Waals surface area contributed by atoms with Crippen LogP contribution in [-0.4, -0.2) is 44.4 Å². The molecular weight excluding hydrogens is 182 g/mol. The lowest BCUT2D eigenvalue weighted by Crippen LogP contribution is -2.56. The molecule has 1 saturated heterocycles. The zero-order valence-corrected chi connectivity index (χ0v) is 7.41. The summed E-state index contributed by atoms with van der Waals surface area (Å²) < 4.78 is 1.42. The lowest BCUT2D eigenvalue weighted by Gasteiger charge is -2.37. The van der Waals surface area contributed by atoms with Gasteiger partial charge in [0.2, 0.25) is 0 Å². The fourth-order valence-electron chi connectivity index (χ4n) is 1.51. The van der Waals surface area contributed by atoms with Crippen LogP contribution in [-0.2, 0) is 0 Å². The van der Waals surface area contributed by atoms with Crippen LogP contribution in [0, 0.1) is 0 Å². The molecule has 7 nitrogen and oxygen atoms in total. The molecule has 0 bridgehead atoms. The Balaban J connectivity index is 1.97. The van der Waals surface area contributed by atoms with E-state index in [1.54, 1.807) is 0 Å². The van der Waals surface area contributed by atoms with Gasteiger partial charge in [0.15, 0.2) is 11.5 Å². The maximum Gasteiger partial charge on any atom is 0.200 e. The summed E-state index contributed by atoms with van der Waals surface area (Å²) in [7, 11) is 0. The molecule has 0 unspecified atom stereocenters. The first-order chi connectivity index (χ1) is 6.83. The minimum absolute atomic E-state index is 0.265. The van der Waals surface area contributed by atoms with Gasteiger partial charge in [-0.3, -0.25) is 0 Å². The van der Waals surface area contributed by atoms with Crippen LogP contribution >= 0.6 is 0 Å². The van der Waals surface area contributed by atoms with Crippen molar-refractivity contribution in [3.05, 3.63) is 12.1 Å². The fraction of sp³-hybridized carbons (Fsp3) is 0.429. The first kappa shape index (κ1) is 7.63. The highest BCUT2D eigenvalue weighted by Crippen LogP contribution is 2.16. The van der Waals surface area contributed by atoms with Crippen LogP contribution in [0.3, 0.4) is 0 Å². The Labute approximate surface area is 79.5 Å². The Hall–Kier alpha value is -1.76. The molecule has 7 heteroatoms. The maximum atomic E-state index is 5.68. The van der Waals surface area contributed by atoms with Crippen LogP contribution in [0.1, 0.15) is 0 Å². The first-order valence-corrected chi connectivity index (χ1v) is 4.39. The molecule has 2 N–H and O–H groups in total. The summed E-state index contributed by atoms with van der Waals surface area (Å²) in [5.41, 5.74) is 6.33. The third-order valence-electron chi connectivity index (χ3n) is 2.29. The highest BCUT2D eigenvalue weighted by molar-refractivity contribution is 5.46. The van der Waals surface area contributed by atoms with Crippen molar-refractivity contribution >= 4 is 11.5 Å². The summed E-state index contributed by atoms with van der Waals surface area (Å²) in [5, 5.41) is 15.3. The fourth-order valence-corrected chi connectivity index (χ4v) is 1.51. The summed E-state index contributed by atoms with van der Waals surface area (Å²) in [6.07, 6.45) is 0. The average Bonchev–Trinajstić information content (AvgIpc) is 2.59. The second kappa shape index (κ2) is 2.61. The predicted octanol–water partition coefficient (Wildman–Crippen LogP) is -1.33. The van der Waals surface area contributed by atoms with Crippen molar-refractivity contribution in [2.24, 2.45) is 5.73 Å². The standard InChI is InChI=1S/C7H9N7/c8-5-3-13(4-5)7-2-1-6-9-11-12-14(6)10-7/h1-2,5H,3-4,8H2. The maximum absolute atomic E-state index is 5.68. The lowest BCUT2D eigenvalue weighted by molar-refractivity contribution is 0.509. The summed E-state index contributed by atoms with van der Waals surface area (Å²) >= 11 is 0. The topological polar surface area (TPSA) is 85.2 Å². The van der Waals surface area contributed by atoms with Gasteiger partial charge < -0.3 is 10.6 Å². The van der Waals surface area contributed by atoms with Crippen molar-refractivity contribution in [1.29, 1.82) is 0 Å². The van der Waals surface area contributed by atoms with Gasteiger partial charge >= 0.3 is 0 Å². The van der Waals surface area contributed by atoms with E-state index >= 15 is 0 Å². The van der Waals surface area contributed by atoms with E-state index in [9.17, 15) is 0 Å². The van der Waals surface area contributed by atoms with E-state index in [0.717, 1.165) is 18.9 Å². The van der Waals surface area contributed by atoms with E-state index in [-0.39, 0.29) is 6.04 Å². The Bertz CT molecular complexity index is 458. The number of nitrogens with zero attached hydrogens (tertiary/aromatic N) is 6. The summed E-state index contributed by atoms with van der Waals surface area (Å²) in [4.78, 5) is 2.09. The van der Waals surface area contributed by atoms with Gasteiger partial charge in [-0.05, 0) is 22.6 Å². The number of rotatable bonds is 1. The molecule has 3 rings (SSSR count). The molecule has 1 fully saturated rings. The largest absolute Gasteiger partial charge is 0.352 e. The average molecular weight is 191 g/mol. The van der Waals surface area contributed by atoms with E-state index in [1.165, 1.54) is 4.63 Å². The molecule has 2 aromatic heterocycles. The van der Waals surface area contributed by atoms with Gasteiger partial charge in [0.05, 0.1) is 0 Å². The van der Waals surface area contributed by atoms with Crippen molar-refractivity contribution in [1.82, 2.24) is 25.3 Å². The molecule has 2 aromatic rings. The van der Waals surface area contributed by atoms with Crippen molar-refractivity contribution in [2.75, 3.05) is 18.0 Å². The molecule has 3 heterocycles. The number of hydrogen-bond acceptors (Lipinski definition) is 6. The quantitative estimate of drug-likeness (QED) is 0.601. The van der Waals surface area contributed by atoms with Gasteiger partial charge in [-0.15, -0.1) is 14.8 Å². The number of aromatic nitrogens is 5. The molecule has 14 heavy (non-hydrogen) atoms. The van der Waals surface area contributed by atoms with Crippen LogP contribution in [0.25, 0.3) is 5.65 Å². The molecular formula is C7H9N7. The van der Waals surface area contributed by atoms with Gasteiger partial charge in [-0.2, -0.15) is 0 Å².